The van der Waals surface area contributed by atoms with E-state index in [4.69, 9.17) is 0 Å². The molecule has 2 aromatic rings. The molecule has 112 valence electrons. The van der Waals surface area contributed by atoms with Crippen LogP contribution in [0.4, 0.5) is 16.3 Å². The van der Waals surface area contributed by atoms with Gasteiger partial charge in [-0.2, -0.15) is 15.0 Å². The fourth-order valence-corrected chi connectivity index (χ4v) is 1.81. The maximum Gasteiger partial charge on any atom is 0.230 e. The van der Waals surface area contributed by atoms with Crippen LogP contribution in [-0.4, -0.2) is 35.6 Å². The maximum atomic E-state index is 14.0. The van der Waals surface area contributed by atoms with Crippen molar-refractivity contribution in [3.05, 3.63) is 29.6 Å². The normalized spacial score (nSPS) is 10.5. The summed E-state index contributed by atoms with van der Waals surface area (Å²) in [7, 11) is 3.69. The maximum absolute atomic E-state index is 14.0. The second-order valence-electron chi connectivity index (χ2n) is 5.09. The molecule has 0 aliphatic carbocycles. The lowest BCUT2D eigenvalue weighted by molar-refractivity contribution is 0.629. The Morgan fingerprint density at radius 1 is 1.19 bits per heavy atom. The van der Waals surface area contributed by atoms with Gasteiger partial charge in [-0.15, -0.1) is 0 Å². The molecule has 1 heterocycles. The Labute approximate surface area is 124 Å². The first-order valence-electron chi connectivity index (χ1n) is 6.95. The number of nitrogens with zero attached hydrogens (tertiary/aromatic N) is 4. The summed E-state index contributed by atoms with van der Waals surface area (Å²) < 4.78 is 14.0. The zero-order valence-electron chi connectivity index (χ0n) is 12.8. The third-order valence-electron chi connectivity index (χ3n) is 2.92. The van der Waals surface area contributed by atoms with Crippen molar-refractivity contribution in [3.8, 4) is 11.4 Å². The van der Waals surface area contributed by atoms with Crippen LogP contribution in [0, 0.1) is 12.7 Å². The number of benzene rings is 1. The van der Waals surface area contributed by atoms with Crippen LogP contribution in [0.3, 0.4) is 0 Å². The van der Waals surface area contributed by atoms with Gasteiger partial charge in [-0.3, -0.25) is 0 Å². The average molecular weight is 289 g/mol. The minimum Gasteiger partial charge on any atom is -0.354 e. The minimum absolute atomic E-state index is 0.335. The van der Waals surface area contributed by atoms with Crippen molar-refractivity contribution >= 4 is 11.9 Å². The molecule has 0 aliphatic heterocycles. The molecule has 0 spiro atoms. The Hall–Kier alpha value is -2.24. The number of hydrogen-bond donors (Lipinski definition) is 1. The summed E-state index contributed by atoms with van der Waals surface area (Å²) in [5.74, 6) is 0.970. The summed E-state index contributed by atoms with van der Waals surface area (Å²) in [5.41, 5.74) is 1.35. The quantitative estimate of drug-likeness (QED) is 0.917. The van der Waals surface area contributed by atoms with Crippen LogP contribution in [-0.2, 0) is 0 Å². The van der Waals surface area contributed by atoms with Crippen LogP contribution in [0.15, 0.2) is 18.2 Å². The molecule has 6 heteroatoms. The van der Waals surface area contributed by atoms with Gasteiger partial charge in [0.1, 0.15) is 5.82 Å². The fraction of sp³-hybridized carbons (Fsp3) is 0.400. The highest BCUT2D eigenvalue weighted by molar-refractivity contribution is 5.60. The van der Waals surface area contributed by atoms with Crippen molar-refractivity contribution in [2.75, 3.05) is 30.9 Å². The SMILES string of the molecule is CCCNc1nc(-c2cc(C)ccc2F)nc(N(C)C)n1. The van der Waals surface area contributed by atoms with Gasteiger partial charge in [0.15, 0.2) is 5.82 Å². The Bertz CT molecular complexity index is 627. The number of halogens is 1. The molecule has 5 nitrogen and oxygen atoms in total. The molecule has 21 heavy (non-hydrogen) atoms. The number of nitrogens with one attached hydrogen (secondary N) is 1. The van der Waals surface area contributed by atoms with Crippen LogP contribution in [0.5, 0.6) is 0 Å². The van der Waals surface area contributed by atoms with E-state index in [0.29, 0.717) is 23.3 Å². The van der Waals surface area contributed by atoms with E-state index >= 15 is 0 Å². The van der Waals surface area contributed by atoms with Gasteiger partial charge in [-0.1, -0.05) is 18.6 Å². The average Bonchev–Trinajstić information content (AvgIpc) is 2.47. The van der Waals surface area contributed by atoms with E-state index in [1.165, 1.54) is 6.07 Å². The van der Waals surface area contributed by atoms with Crippen LogP contribution < -0.4 is 10.2 Å². The van der Waals surface area contributed by atoms with Crippen LogP contribution in [0.1, 0.15) is 18.9 Å². The largest absolute Gasteiger partial charge is 0.354 e. The molecule has 0 unspecified atom stereocenters. The van der Waals surface area contributed by atoms with Gasteiger partial charge in [0.2, 0.25) is 11.9 Å². The summed E-state index contributed by atoms with van der Waals surface area (Å²) in [6, 6.07) is 4.90. The van der Waals surface area contributed by atoms with Crippen molar-refractivity contribution < 1.29 is 4.39 Å². The summed E-state index contributed by atoms with van der Waals surface area (Å²) in [5, 5.41) is 3.12. The first kappa shape index (κ1) is 15.2. The monoisotopic (exact) mass is 289 g/mol. The lowest BCUT2D eigenvalue weighted by Gasteiger charge is -2.14. The van der Waals surface area contributed by atoms with E-state index in [1.54, 1.807) is 17.0 Å². The van der Waals surface area contributed by atoms with Gasteiger partial charge in [0.25, 0.3) is 0 Å². The Morgan fingerprint density at radius 2 is 1.95 bits per heavy atom. The van der Waals surface area contributed by atoms with E-state index in [-0.39, 0.29) is 5.82 Å². The number of hydrogen-bond acceptors (Lipinski definition) is 5. The number of aryl methyl sites for hydroxylation is 1. The van der Waals surface area contributed by atoms with E-state index < -0.39 is 0 Å². The first-order valence-corrected chi connectivity index (χ1v) is 6.95. The molecular weight excluding hydrogens is 269 g/mol. The first-order chi connectivity index (χ1) is 10.0. The summed E-state index contributed by atoms with van der Waals surface area (Å²) in [6.07, 6.45) is 0.955. The molecule has 1 N–H and O–H groups in total. The molecule has 0 amide bonds. The predicted molar refractivity (Wildman–Crippen MR) is 83.1 cm³/mol. The van der Waals surface area contributed by atoms with Crippen molar-refractivity contribution in [2.24, 2.45) is 0 Å². The van der Waals surface area contributed by atoms with Crippen molar-refractivity contribution in [1.29, 1.82) is 0 Å². The second-order valence-corrected chi connectivity index (χ2v) is 5.09. The van der Waals surface area contributed by atoms with Gasteiger partial charge in [-0.25, -0.2) is 4.39 Å². The molecule has 0 radical (unpaired) electrons. The number of rotatable bonds is 5. The zero-order chi connectivity index (χ0) is 15.4. The summed E-state index contributed by atoms with van der Waals surface area (Å²) in [4.78, 5) is 14.8. The van der Waals surface area contributed by atoms with E-state index in [9.17, 15) is 4.39 Å². The van der Waals surface area contributed by atoms with Gasteiger partial charge < -0.3 is 10.2 Å². The fourth-order valence-electron chi connectivity index (χ4n) is 1.81. The Morgan fingerprint density at radius 3 is 2.62 bits per heavy atom. The van der Waals surface area contributed by atoms with Crippen LogP contribution >= 0.6 is 0 Å². The highest BCUT2D eigenvalue weighted by Crippen LogP contribution is 2.23. The molecule has 0 saturated carbocycles. The van der Waals surface area contributed by atoms with Gasteiger partial charge in [0, 0.05) is 20.6 Å². The predicted octanol–water partition coefficient (Wildman–Crippen LogP) is 2.87. The molecule has 2 rings (SSSR count). The lowest BCUT2D eigenvalue weighted by Crippen LogP contribution is -2.16. The number of aromatic nitrogens is 3. The molecule has 1 aromatic heterocycles. The highest BCUT2D eigenvalue weighted by Gasteiger charge is 2.13. The molecule has 0 saturated heterocycles. The molecule has 0 atom stereocenters. The van der Waals surface area contributed by atoms with Crippen LogP contribution in [0.25, 0.3) is 11.4 Å². The molecular formula is C15H20FN5. The summed E-state index contributed by atoms with van der Waals surface area (Å²) >= 11 is 0. The van der Waals surface area contributed by atoms with Gasteiger partial charge >= 0.3 is 0 Å². The van der Waals surface area contributed by atoms with Crippen molar-refractivity contribution in [2.45, 2.75) is 20.3 Å². The van der Waals surface area contributed by atoms with Gasteiger partial charge in [0.05, 0.1) is 5.56 Å². The number of anilines is 2. The Balaban J connectivity index is 2.51. The highest BCUT2D eigenvalue weighted by atomic mass is 19.1. The van der Waals surface area contributed by atoms with E-state index in [1.807, 2.05) is 21.0 Å². The Kier molecular flexibility index (Phi) is 4.67. The van der Waals surface area contributed by atoms with Crippen molar-refractivity contribution in [1.82, 2.24) is 15.0 Å². The molecule has 0 fully saturated rings. The summed E-state index contributed by atoms with van der Waals surface area (Å²) in [6.45, 7) is 4.72. The van der Waals surface area contributed by atoms with E-state index in [0.717, 1.165) is 18.5 Å². The van der Waals surface area contributed by atoms with E-state index in [2.05, 4.69) is 27.2 Å². The van der Waals surface area contributed by atoms with Crippen molar-refractivity contribution in [3.63, 3.8) is 0 Å². The molecule has 1 aromatic carbocycles. The minimum atomic E-state index is -0.335. The molecule has 0 bridgehead atoms. The molecule has 0 aliphatic rings. The smallest absolute Gasteiger partial charge is 0.230 e. The lowest BCUT2D eigenvalue weighted by atomic mass is 10.1. The second kappa shape index (κ2) is 6.47. The van der Waals surface area contributed by atoms with Crippen LogP contribution in [0.2, 0.25) is 0 Å². The topological polar surface area (TPSA) is 53.9 Å². The van der Waals surface area contributed by atoms with Gasteiger partial charge in [-0.05, 0) is 25.5 Å². The third kappa shape index (κ3) is 3.65. The standard InChI is InChI=1S/C15H20FN5/c1-5-8-17-14-18-13(19-15(20-14)21(3)4)11-9-10(2)6-7-12(11)16/h6-7,9H,5,8H2,1-4H3,(H,17,18,19,20). The zero-order valence-corrected chi connectivity index (χ0v) is 12.8. The third-order valence-corrected chi connectivity index (χ3v) is 2.92.